The Balaban J connectivity index is 1.59. The van der Waals surface area contributed by atoms with Gasteiger partial charge in [0, 0.05) is 16.9 Å². The van der Waals surface area contributed by atoms with Crippen molar-refractivity contribution in [3.8, 4) is 5.75 Å². The normalized spacial score (nSPS) is 10.9. The minimum Gasteiger partial charge on any atom is -0.486 e. The van der Waals surface area contributed by atoms with E-state index in [1.165, 1.54) is 23.1 Å². The van der Waals surface area contributed by atoms with Crippen LogP contribution in [0.2, 0.25) is 5.02 Å². The molecule has 11 heteroatoms. The Kier molecular flexibility index (Phi) is 8.98. The summed E-state index contributed by atoms with van der Waals surface area (Å²) in [5, 5.41) is 13.0. The van der Waals surface area contributed by atoms with Gasteiger partial charge < -0.3 is 19.4 Å². The second-order valence-corrected chi connectivity index (χ2v) is 9.94. The molecular weight excluding hydrogens is 496 g/mol. The summed E-state index contributed by atoms with van der Waals surface area (Å²) in [5.41, 5.74) is 2.27. The molecule has 34 heavy (non-hydrogen) atoms. The molecule has 2 aromatic heterocycles. The van der Waals surface area contributed by atoms with E-state index in [4.69, 9.17) is 21.1 Å². The van der Waals surface area contributed by atoms with Crippen molar-refractivity contribution in [3.05, 3.63) is 50.6 Å². The van der Waals surface area contributed by atoms with Crippen LogP contribution < -0.4 is 10.1 Å². The van der Waals surface area contributed by atoms with Crippen molar-refractivity contribution in [2.75, 3.05) is 17.7 Å². The van der Waals surface area contributed by atoms with Crippen molar-refractivity contribution in [1.29, 1.82) is 0 Å². The van der Waals surface area contributed by atoms with Gasteiger partial charge in [-0.2, -0.15) is 0 Å². The van der Waals surface area contributed by atoms with Crippen LogP contribution in [-0.4, -0.2) is 39.0 Å². The predicted molar refractivity (Wildman–Crippen MR) is 135 cm³/mol. The molecule has 0 aliphatic carbocycles. The average Bonchev–Trinajstić information content (AvgIpc) is 3.37. The van der Waals surface area contributed by atoms with Crippen LogP contribution in [-0.2, 0) is 29.6 Å². The first-order valence-electron chi connectivity index (χ1n) is 10.7. The number of carbonyl (C=O) groups is 2. The van der Waals surface area contributed by atoms with Crippen LogP contribution in [0.3, 0.4) is 0 Å². The number of nitrogens with one attached hydrogen (secondary N) is 1. The fraction of sp³-hybridized carbons (Fsp3) is 0.391. The van der Waals surface area contributed by atoms with E-state index >= 15 is 0 Å². The van der Waals surface area contributed by atoms with Crippen molar-refractivity contribution in [2.24, 2.45) is 7.05 Å². The number of hydrogen-bond acceptors (Lipinski definition) is 8. The molecular formula is C23H27ClN4O4S2. The van der Waals surface area contributed by atoms with E-state index in [9.17, 15) is 9.59 Å². The van der Waals surface area contributed by atoms with E-state index in [-0.39, 0.29) is 24.9 Å². The zero-order chi connectivity index (χ0) is 24.8. The minimum atomic E-state index is -0.439. The monoisotopic (exact) mass is 522 g/mol. The molecule has 8 nitrogen and oxygen atoms in total. The Labute approximate surface area is 212 Å². The zero-order valence-corrected chi connectivity index (χ0v) is 22.1. The van der Waals surface area contributed by atoms with Gasteiger partial charge in [0.15, 0.2) is 11.0 Å². The van der Waals surface area contributed by atoms with Crippen LogP contribution in [0.5, 0.6) is 5.75 Å². The van der Waals surface area contributed by atoms with E-state index in [1.54, 1.807) is 17.6 Å². The van der Waals surface area contributed by atoms with Crippen molar-refractivity contribution < 1.29 is 19.1 Å². The predicted octanol–water partition coefficient (Wildman–Crippen LogP) is 5.20. The number of rotatable bonds is 10. The highest BCUT2D eigenvalue weighted by atomic mass is 35.5. The summed E-state index contributed by atoms with van der Waals surface area (Å²) >= 11 is 8.85. The molecule has 0 radical (unpaired) electrons. The molecule has 0 bridgehead atoms. The molecule has 0 atom stereocenters. The molecule has 0 fully saturated rings. The largest absolute Gasteiger partial charge is 0.486 e. The molecule has 0 unspecified atom stereocenters. The first kappa shape index (κ1) is 26.1. The maximum absolute atomic E-state index is 12.6. The van der Waals surface area contributed by atoms with Crippen molar-refractivity contribution in [1.82, 2.24) is 14.8 Å². The van der Waals surface area contributed by atoms with Crippen LogP contribution in [0.4, 0.5) is 5.00 Å². The number of carbonyl (C=O) groups excluding carboxylic acids is 2. The summed E-state index contributed by atoms with van der Waals surface area (Å²) in [5.74, 6) is 0.766. The third kappa shape index (κ3) is 6.31. The van der Waals surface area contributed by atoms with E-state index in [0.717, 1.165) is 27.4 Å². The summed E-state index contributed by atoms with van der Waals surface area (Å²) < 4.78 is 12.8. The van der Waals surface area contributed by atoms with Crippen LogP contribution in [0.15, 0.2) is 23.4 Å². The van der Waals surface area contributed by atoms with Crippen LogP contribution in [0.25, 0.3) is 0 Å². The molecule has 3 aromatic rings. The van der Waals surface area contributed by atoms with Gasteiger partial charge in [-0.1, -0.05) is 30.3 Å². The molecule has 2 heterocycles. The second-order valence-electron chi connectivity index (χ2n) is 7.48. The lowest BCUT2D eigenvalue weighted by molar-refractivity contribution is -0.113. The highest BCUT2D eigenvalue weighted by Crippen LogP contribution is 2.30. The fourth-order valence-corrected chi connectivity index (χ4v) is 4.94. The third-order valence-electron chi connectivity index (χ3n) is 4.92. The molecule has 0 aliphatic heterocycles. The highest BCUT2D eigenvalue weighted by molar-refractivity contribution is 7.99. The molecule has 0 aliphatic rings. The van der Waals surface area contributed by atoms with Crippen molar-refractivity contribution in [3.63, 3.8) is 0 Å². The molecule has 3 rings (SSSR count). The number of halogens is 1. The van der Waals surface area contributed by atoms with E-state index in [1.807, 2.05) is 40.0 Å². The second kappa shape index (κ2) is 11.7. The number of thioether (sulfide) groups is 1. The summed E-state index contributed by atoms with van der Waals surface area (Å²) in [6.07, 6.45) is 0.765. The lowest BCUT2D eigenvalue weighted by atomic mass is 10.1. The first-order chi connectivity index (χ1) is 16.2. The van der Waals surface area contributed by atoms with E-state index < -0.39 is 5.97 Å². The summed E-state index contributed by atoms with van der Waals surface area (Å²) in [6, 6.07) is 5.53. The number of aromatic nitrogens is 3. The molecule has 1 aromatic carbocycles. The maximum atomic E-state index is 12.6. The Morgan fingerprint density at radius 3 is 2.53 bits per heavy atom. The summed E-state index contributed by atoms with van der Waals surface area (Å²) in [4.78, 5) is 25.8. The lowest BCUT2D eigenvalue weighted by Gasteiger charge is -2.10. The highest BCUT2D eigenvalue weighted by Gasteiger charge is 2.19. The topological polar surface area (TPSA) is 95.3 Å². The van der Waals surface area contributed by atoms with Crippen LogP contribution >= 0.6 is 34.7 Å². The smallest absolute Gasteiger partial charge is 0.341 e. The molecule has 0 saturated carbocycles. The number of thiophene rings is 1. The number of ether oxygens (including phenoxy) is 2. The van der Waals surface area contributed by atoms with Gasteiger partial charge in [-0.05, 0) is 56.5 Å². The van der Waals surface area contributed by atoms with Gasteiger partial charge in [-0.25, -0.2) is 4.79 Å². The number of hydrogen-bond donors (Lipinski definition) is 1. The van der Waals surface area contributed by atoms with Gasteiger partial charge in [0.05, 0.1) is 17.9 Å². The quantitative estimate of drug-likeness (QED) is 0.289. The SMILES string of the molecule is CCOC(=O)c1cc(CC)sc1NC(=O)CSc1nnc(COc2cc(C)c(Cl)c(C)c2)n1C. The Hall–Kier alpha value is -2.56. The Bertz CT molecular complexity index is 1170. The number of nitrogens with zero attached hydrogens (tertiary/aromatic N) is 3. The molecule has 182 valence electrons. The minimum absolute atomic E-state index is 0.115. The van der Waals surface area contributed by atoms with Gasteiger partial charge in [-0.15, -0.1) is 21.5 Å². The van der Waals surface area contributed by atoms with E-state index in [0.29, 0.717) is 27.3 Å². The van der Waals surface area contributed by atoms with Gasteiger partial charge in [0.1, 0.15) is 17.4 Å². The zero-order valence-electron chi connectivity index (χ0n) is 19.7. The fourth-order valence-electron chi connectivity index (χ4n) is 3.10. The van der Waals surface area contributed by atoms with Gasteiger partial charge in [-0.3, -0.25) is 4.79 Å². The third-order valence-corrected chi connectivity index (χ3v) is 7.73. The first-order valence-corrected chi connectivity index (χ1v) is 12.9. The molecule has 0 saturated heterocycles. The van der Waals surface area contributed by atoms with Gasteiger partial charge in [0.25, 0.3) is 0 Å². The Morgan fingerprint density at radius 1 is 1.18 bits per heavy atom. The van der Waals surface area contributed by atoms with E-state index in [2.05, 4.69) is 15.5 Å². The number of benzene rings is 1. The van der Waals surface area contributed by atoms with Crippen LogP contribution in [0.1, 0.15) is 46.0 Å². The standard InChI is InChI=1S/C23H27ClN4O4S2/c1-6-16-10-17(22(30)31-7-2)21(34-16)25-19(29)12-33-23-27-26-18(28(23)5)11-32-15-8-13(3)20(24)14(4)9-15/h8-10H,6-7,11-12H2,1-5H3,(H,25,29). The van der Waals surface area contributed by atoms with Gasteiger partial charge in [0.2, 0.25) is 5.91 Å². The molecule has 1 amide bonds. The van der Waals surface area contributed by atoms with Crippen LogP contribution in [0, 0.1) is 13.8 Å². The van der Waals surface area contributed by atoms with Crippen molar-refractivity contribution in [2.45, 2.75) is 45.9 Å². The maximum Gasteiger partial charge on any atom is 0.341 e. The lowest BCUT2D eigenvalue weighted by Crippen LogP contribution is -2.16. The summed E-state index contributed by atoms with van der Waals surface area (Å²) in [6.45, 7) is 8.10. The average molecular weight is 523 g/mol. The number of amides is 1. The molecule has 1 N–H and O–H groups in total. The Morgan fingerprint density at radius 2 is 1.88 bits per heavy atom. The molecule has 0 spiro atoms. The number of anilines is 1. The van der Waals surface area contributed by atoms with Crippen molar-refractivity contribution >= 4 is 51.6 Å². The summed E-state index contributed by atoms with van der Waals surface area (Å²) in [7, 11) is 1.82. The number of aryl methyl sites for hydroxylation is 3. The number of esters is 1. The van der Waals surface area contributed by atoms with Gasteiger partial charge >= 0.3 is 5.97 Å².